The first-order chi connectivity index (χ1) is 9.55. The highest BCUT2D eigenvalue weighted by Crippen LogP contribution is 2.28. The predicted octanol–water partition coefficient (Wildman–Crippen LogP) is 3.91. The minimum absolute atomic E-state index is 0.497. The number of carbonyl (C=O) groups is 1. The molecule has 0 bridgehead atoms. The van der Waals surface area contributed by atoms with E-state index in [-0.39, 0.29) is 0 Å². The molecular weight excluding hydrogens is 268 g/mol. The second-order valence-electron chi connectivity index (χ2n) is 6.42. The number of anilines is 1. The number of isocyanates is 1. The van der Waals surface area contributed by atoms with Crippen molar-refractivity contribution in [2.75, 3.05) is 5.32 Å². The number of hydrogen-bond acceptors (Lipinski definition) is 4. The Labute approximate surface area is 125 Å². The molecule has 0 aliphatic rings. The van der Waals surface area contributed by atoms with Crippen LogP contribution in [0.5, 0.6) is 0 Å². The van der Waals surface area contributed by atoms with Crippen LogP contribution in [0.1, 0.15) is 45.7 Å². The lowest BCUT2D eigenvalue weighted by molar-refractivity contribution is 0.0636. The molecule has 0 aliphatic heterocycles. The zero-order chi connectivity index (χ0) is 16.3. The molecule has 1 N–H and O–H groups in total. The summed E-state index contributed by atoms with van der Waals surface area (Å²) in [6.07, 6.45) is 1.09. The summed E-state index contributed by atoms with van der Waals surface area (Å²) < 4.78 is 5.21. The quantitative estimate of drug-likeness (QED) is 0.677. The van der Waals surface area contributed by atoms with Gasteiger partial charge in [-0.3, -0.25) is 5.32 Å². The van der Waals surface area contributed by atoms with E-state index in [0.29, 0.717) is 5.69 Å². The number of aryl methyl sites for hydroxylation is 1. The minimum Gasteiger partial charge on any atom is -0.444 e. The summed E-state index contributed by atoms with van der Waals surface area (Å²) in [5.41, 5.74) is 1.22. The number of amides is 1. The van der Waals surface area contributed by atoms with Crippen LogP contribution in [0.25, 0.3) is 0 Å². The number of benzene rings is 1. The van der Waals surface area contributed by atoms with Crippen LogP contribution in [0.3, 0.4) is 0 Å². The SMILES string of the molecule is Cc1cc(C(C)(C)N=C=O)ccc1NC(=O)OC(C)(C)C. The van der Waals surface area contributed by atoms with Crippen LogP contribution >= 0.6 is 0 Å². The van der Waals surface area contributed by atoms with E-state index >= 15 is 0 Å². The number of ether oxygens (including phenoxy) is 1. The third-order valence-corrected chi connectivity index (χ3v) is 2.89. The fourth-order valence-corrected chi connectivity index (χ4v) is 1.78. The van der Waals surface area contributed by atoms with E-state index in [0.717, 1.165) is 11.1 Å². The van der Waals surface area contributed by atoms with Crippen LogP contribution in [0.2, 0.25) is 0 Å². The first-order valence-electron chi connectivity index (χ1n) is 6.75. The van der Waals surface area contributed by atoms with Crippen LogP contribution < -0.4 is 5.32 Å². The number of aliphatic imine (C=N–C) groups is 1. The highest BCUT2D eigenvalue weighted by atomic mass is 16.6. The Bertz CT molecular complexity index is 580. The molecule has 0 spiro atoms. The zero-order valence-electron chi connectivity index (χ0n) is 13.4. The van der Waals surface area contributed by atoms with Gasteiger partial charge in [0.25, 0.3) is 0 Å². The van der Waals surface area contributed by atoms with Crippen LogP contribution in [-0.2, 0) is 15.1 Å². The molecular formula is C16H22N2O3. The van der Waals surface area contributed by atoms with Crippen molar-refractivity contribution < 1.29 is 14.3 Å². The molecule has 0 fully saturated rings. The van der Waals surface area contributed by atoms with E-state index in [1.54, 1.807) is 12.1 Å². The Morgan fingerprint density at radius 3 is 2.33 bits per heavy atom. The number of nitrogens with one attached hydrogen (secondary N) is 1. The van der Waals surface area contributed by atoms with Crippen molar-refractivity contribution >= 4 is 17.9 Å². The molecule has 5 nitrogen and oxygen atoms in total. The third kappa shape index (κ3) is 5.04. The number of nitrogens with zero attached hydrogens (tertiary/aromatic N) is 1. The molecule has 0 heterocycles. The van der Waals surface area contributed by atoms with Crippen LogP contribution in [0.15, 0.2) is 23.2 Å². The molecule has 0 aliphatic carbocycles. The largest absolute Gasteiger partial charge is 0.444 e. The summed E-state index contributed by atoms with van der Waals surface area (Å²) in [5, 5.41) is 2.71. The summed E-state index contributed by atoms with van der Waals surface area (Å²) in [5.74, 6) is 0. The van der Waals surface area contributed by atoms with Gasteiger partial charge in [0.1, 0.15) is 5.60 Å². The first kappa shape index (κ1) is 16.9. The summed E-state index contributed by atoms with van der Waals surface area (Å²) in [7, 11) is 0. The van der Waals surface area contributed by atoms with Crippen LogP contribution in [-0.4, -0.2) is 17.8 Å². The molecule has 0 unspecified atom stereocenters. The van der Waals surface area contributed by atoms with Gasteiger partial charge >= 0.3 is 6.09 Å². The van der Waals surface area contributed by atoms with Gasteiger partial charge in [-0.15, -0.1) is 0 Å². The average Bonchev–Trinajstić information content (AvgIpc) is 2.29. The molecule has 0 aromatic heterocycles. The maximum atomic E-state index is 11.8. The van der Waals surface area contributed by atoms with Gasteiger partial charge in [-0.2, -0.15) is 4.99 Å². The van der Waals surface area contributed by atoms with Crippen molar-refractivity contribution in [1.82, 2.24) is 0 Å². The Morgan fingerprint density at radius 2 is 1.86 bits per heavy atom. The number of carbonyl (C=O) groups excluding carboxylic acids is 2. The molecule has 5 heteroatoms. The highest BCUT2D eigenvalue weighted by molar-refractivity contribution is 5.86. The molecule has 0 radical (unpaired) electrons. The Kier molecular flexibility index (Phi) is 4.92. The van der Waals surface area contributed by atoms with Gasteiger partial charge in [0.2, 0.25) is 6.08 Å². The van der Waals surface area contributed by atoms with Crippen LogP contribution in [0, 0.1) is 6.92 Å². The van der Waals surface area contributed by atoms with Gasteiger partial charge in [-0.25, -0.2) is 9.59 Å². The van der Waals surface area contributed by atoms with Gasteiger partial charge in [0, 0.05) is 5.69 Å². The second kappa shape index (κ2) is 6.10. The average molecular weight is 290 g/mol. The van der Waals surface area contributed by atoms with E-state index in [4.69, 9.17) is 4.74 Å². The topological polar surface area (TPSA) is 67.8 Å². The highest BCUT2D eigenvalue weighted by Gasteiger charge is 2.21. The van der Waals surface area contributed by atoms with E-state index in [1.165, 1.54) is 0 Å². The fourth-order valence-electron chi connectivity index (χ4n) is 1.78. The van der Waals surface area contributed by atoms with Crippen molar-refractivity contribution in [1.29, 1.82) is 0 Å². The van der Waals surface area contributed by atoms with Gasteiger partial charge in [-0.05, 0) is 58.7 Å². The standard InChI is InChI=1S/C16H22N2O3/c1-11-9-12(16(5,6)17-10-19)7-8-13(11)18-14(20)21-15(2,3)4/h7-9H,1-6H3,(H,18,20). The van der Waals surface area contributed by atoms with Crippen molar-refractivity contribution in [3.8, 4) is 0 Å². The summed E-state index contributed by atoms with van der Waals surface area (Å²) in [6.45, 7) is 11.0. The monoisotopic (exact) mass is 290 g/mol. The van der Waals surface area contributed by atoms with E-state index in [1.807, 2.05) is 53.7 Å². The molecule has 1 amide bonds. The maximum Gasteiger partial charge on any atom is 0.412 e. The second-order valence-corrected chi connectivity index (χ2v) is 6.42. The predicted molar refractivity (Wildman–Crippen MR) is 82.2 cm³/mol. The number of hydrogen-bond donors (Lipinski definition) is 1. The Hall–Kier alpha value is -2.13. The molecule has 0 saturated carbocycles. The molecule has 0 atom stereocenters. The summed E-state index contributed by atoms with van der Waals surface area (Å²) in [6, 6.07) is 5.48. The molecule has 0 saturated heterocycles. The van der Waals surface area contributed by atoms with Gasteiger partial charge in [0.15, 0.2) is 0 Å². The first-order valence-corrected chi connectivity index (χ1v) is 6.75. The lowest BCUT2D eigenvalue weighted by Crippen LogP contribution is -2.27. The van der Waals surface area contributed by atoms with Gasteiger partial charge in [-0.1, -0.05) is 12.1 Å². The smallest absolute Gasteiger partial charge is 0.412 e. The fraction of sp³-hybridized carbons (Fsp3) is 0.500. The van der Waals surface area contributed by atoms with Gasteiger partial charge < -0.3 is 4.74 Å². The Balaban J connectivity index is 2.94. The summed E-state index contributed by atoms with van der Waals surface area (Å²) in [4.78, 5) is 26.0. The Morgan fingerprint density at radius 1 is 1.24 bits per heavy atom. The minimum atomic E-state index is -0.642. The molecule has 114 valence electrons. The lowest BCUT2D eigenvalue weighted by Gasteiger charge is -2.22. The third-order valence-electron chi connectivity index (χ3n) is 2.89. The molecule has 1 aromatic rings. The van der Waals surface area contributed by atoms with Crippen molar-refractivity contribution in [3.63, 3.8) is 0 Å². The van der Waals surface area contributed by atoms with Crippen molar-refractivity contribution in [2.45, 2.75) is 52.7 Å². The maximum absolute atomic E-state index is 11.8. The van der Waals surface area contributed by atoms with Crippen molar-refractivity contribution in [2.24, 2.45) is 4.99 Å². The summed E-state index contributed by atoms with van der Waals surface area (Å²) >= 11 is 0. The molecule has 1 rings (SSSR count). The lowest BCUT2D eigenvalue weighted by atomic mass is 9.93. The van der Waals surface area contributed by atoms with Crippen LogP contribution in [0.4, 0.5) is 10.5 Å². The van der Waals surface area contributed by atoms with Crippen molar-refractivity contribution in [3.05, 3.63) is 29.3 Å². The normalized spacial score (nSPS) is 11.5. The zero-order valence-corrected chi connectivity index (χ0v) is 13.4. The van der Waals surface area contributed by atoms with E-state index < -0.39 is 17.2 Å². The number of rotatable bonds is 3. The van der Waals surface area contributed by atoms with E-state index in [2.05, 4.69) is 10.3 Å². The van der Waals surface area contributed by atoms with Gasteiger partial charge in [0.05, 0.1) is 5.54 Å². The molecule has 1 aromatic carbocycles. The van der Waals surface area contributed by atoms with E-state index in [9.17, 15) is 9.59 Å². The molecule has 21 heavy (non-hydrogen) atoms.